The highest BCUT2D eigenvalue weighted by Gasteiger charge is 2.13. The highest BCUT2D eigenvalue weighted by Crippen LogP contribution is 2.16. The second-order valence-corrected chi connectivity index (χ2v) is 3.83. The fourth-order valence-corrected chi connectivity index (χ4v) is 1.57. The molecule has 1 aromatic carbocycles. The first-order chi connectivity index (χ1) is 9.49. The Labute approximate surface area is 112 Å². The topological polar surface area (TPSA) is 100 Å². The van der Waals surface area contributed by atoms with Gasteiger partial charge in [0.1, 0.15) is 12.1 Å². The number of nitro benzene ring substituents is 1. The maximum Gasteiger partial charge on any atom is 0.377 e. The van der Waals surface area contributed by atoms with Crippen LogP contribution in [0.4, 0.5) is 10.1 Å². The van der Waals surface area contributed by atoms with E-state index >= 15 is 0 Å². The first-order valence-corrected chi connectivity index (χ1v) is 5.41. The lowest BCUT2D eigenvalue weighted by Gasteiger charge is -2.01. The summed E-state index contributed by atoms with van der Waals surface area (Å²) in [6.45, 7) is 0.0442. The van der Waals surface area contributed by atoms with Crippen molar-refractivity contribution in [1.29, 1.82) is 0 Å². The van der Waals surface area contributed by atoms with E-state index in [0.29, 0.717) is 5.56 Å². The number of hydrogen-bond donors (Lipinski definition) is 0. The normalized spacial score (nSPS) is 10.3. The minimum atomic E-state index is -0.720. The van der Waals surface area contributed by atoms with Crippen LogP contribution in [0.2, 0.25) is 0 Å². The van der Waals surface area contributed by atoms with E-state index in [-0.39, 0.29) is 18.1 Å². The van der Waals surface area contributed by atoms with E-state index in [1.165, 1.54) is 24.2 Å². The van der Waals surface area contributed by atoms with Crippen molar-refractivity contribution in [3.05, 3.63) is 51.8 Å². The zero-order chi connectivity index (χ0) is 14.7. The molecule has 0 radical (unpaired) electrons. The van der Waals surface area contributed by atoms with Gasteiger partial charge in [-0.2, -0.15) is 0 Å². The van der Waals surface area contributed by atoms with Gasteiger partial charge in [0.15, 0.2) is 0 Å². The number of ether oxygens (including phenoxy) is 1. The number of hydrogen-bond acceptors (Lipinski definition) is 6. The van der Waals surface area contributed by atoms with Gasteiger partial charge in [0.25, 0.3) is 11.5 Å². The molecule has 104 valence electrons. The third-order valence-corrected chi connectivity index (χ3v) is 2.40. The Morgan fingerprint density at radius 3 is 2.90 bits per heavy atom. The van der Waals surface area contributed by atoms with E-state index in [4.69, 9.17) is 0 Å². The minimum Gasteiger partial charge on any atom is -0.463 e. The molecule has 0 atom stereocenters. The maximum atomic E-state index is 13.3. The van der Waals surface area contributed by atoms with Crippen LogP contribution in [-0.2, 0) is 11.3 Å². The standard InChI is InChI=1S/C11H9FN4O4/c1-20-11(17)10-13-6-15(14-10)5-7-2-8(12)4-9(3-7)16(18)19/h2-4,6H,5H2,1H3. The second-order valence-electron chi connectivity index (χ2n) is 3.83. The van der Waals surface area contributed by atoms with Crippen LogP contribution in [0.3, 0.4) is 0 Å². The van der Waals surface area contributed by atoms with Gasteiger partial charge in [-0.1, -0.05) is 0 Å². The predicted octanol–water partition coefficient (Wildman–Crippen LogP) is 1.16. The molecule has 9 heteroatoms. The van der Waals surface area contributed by atoms with Gasteiger partial charge >= 0.3 is 5.97 Å². The number of carbonyl (C=O) groups excluding carboxylic acids is 1. The Bertz CT molecular complexity index is 670. The summed E-state index contributed by atoms with van der Waals surface area (Å²) in [4.78, 5) is 24.8. The van der Waals surface area contributed by atoms with Crippen LogP contribution < -0.4 is 0 Å². The molecule has 0 aliphatic carbocycles. The van der Waals surface area contributed by atoms with Crippen molar-refractivity contribution < 1.29 is 18.8 Å². The Hall–Kier alpha value is -2.84. The molecule has 0 aliphatic heterocycles. The van der Waals surface area contributed by atoms with Gasteiger partial charge in [0.05, 0.1) is 24.6 Å². The third-order valence-electron chi connectivity index (χ3n) is 2.40. The van der Waals surface area contributed by atoms with Crippen LogP contribution in [0.25, 0.3) is 0 Å². The lowest BCUT2D eigenvalue weighted by molar-refractivity contribution is -0.385. The fourth-order valence-electron chi connectivity index (χ4n) is 1.57. The van der Waals surface area contributed by atoms with Crippen molar-refractivity contribution in [3.8, 4) is 0 Å². The van der Waals surface area contributed by atoms with Crippen LogP contribution in [0, 0.1) is 15.9 Å². The number of esters is 1. The van der Waals surface area contributed by atoms with E-state index in [2.05, 4.69) is 14.8 Å². The van der Waals surface area contributed by atoms with Gasteiger partial charge in [-0.25, -0.2) is 18.9 Å². The van der Waals surface area contributed by atoms with Gasteiger partial charge in [-0.15, -0.1) is 5.10 Å². The number of rotatable bonds is 4. The molecule has 0 fully saturated rings. The number of carbonyl (C=O) groups is 1. The largest absolute Gasteiger partial charge is 0.463 e. The molecule has 0 amide bonds. The Kier molecular flexibility index (Phi) is 3.69. The molecule has 0 spiro atoms. The summed E-state index contributed by atoms with van der Waals surface area (Å²) in [7, 11) is 1.19. The first-order valence-electron chi connectivity index (χ1n) is 5.41. The monoisotopic (exact) mass is 280 g/mol. The predicted molar refractivity (Wildman–Crippen MR) is 63.5 cm³/mol. The SMILES string of the molecule is COC(=O)c1ncn(Cc2cc(F)cc([N+](=O)[O-])c2)n1. The molecule has 1 aromatic heterocycles. The minimum absolute atomic E-state index is 0.0442. The van der Waals surface area contributed by atoms with Crippen LogP contribution in [0.15, 0.2) is 24.5 Å². The molecule has 1 heterocycles. The molecular formula is C11H9FN4O4. The third kappa shape index (κ3) is 2.94. The average Bonchev–Trinajstić information content (AvgIpc) is 2.85. The van der Waals surface area contributed by atoms with Crippen molar-refractivity contribution in [1.82, 2.24) is 14.8 Å². The summed E-state index contributed by atoms with van der Waals surface area (Å²) in [6.07, 6.45) is 1.25. The van der Waals surface area contributed by atoms with E-state index in [1.807, 2.05) is 0 Å². The van der Waals surface area contributed by atoms with E-state index in [9.17, 15) is 19.3 Å². The van der Waals surface area contributed by atoms with Crippen molar-refractivity contribution in [3.63, 3.8) is 0 Å². The number of aromatic nitrogens is 3. The van der Waals surface area contributed by atoms with E-state index < -0.39 is 16.7 Å². The molecule has 0 saturated carbocycles. The van der Waals surface area contributed by atoms with Crippen molar-refractivity contribution >= 4 is 11.7 Å². The van der Waals surface area contributed by atoms with Crippen molar-refractivity contribution in [2.75, 3.05) is 7.11 Å². The zero-order valence-electron chi connectivity index (χ0n) is 10.3. The summed E-state index contributed by atoms with van der Waals surface area (Å²) in [5, 5.41) is 14.5. The number of nitro groups is 1. The summed E-state index contributed by atoms with van der Waals surface area (Å²) >= 11 is 0. The number of halogens is 1. The molecule has 2 aromatic rings. The van der Waals surface area contributed by atoms with Gasteiger partial charge in [-0.05, 0) is 11.6 Å². The molecule has 0 aliphatic rings. The second kappa shape index (κ2) is 5.43. The zero-order valence-corrected chi connectivity index (χ0v) is 10.3. The number of nitrogens with zero attached hydrogens (tertiary/aromatic N) is 4. The highest BCUT2D eigenvalue weighted by atomic mass is 19.1. The lowest BCUT2D eigenvalue weighted by atomic mass is 10.2. The summed E-state index contributed by atoms with van der Waals surface area (Å²) in [5.41, 5.74) is -0.0219. The lowest BCUT2D eigenvalue weighted by Crippen LogP contribution is -2.07. The molecular weight excluding hydrogens is 271 g/mol. The van der Waals surface area contributed by atoms with Crippen LogP contribution in [0.1, 0.15) is 16.2 Å². The van der Waals surface area contributed by atoms with Crippen molar-refractivity contribution in [2.24, 2.45) is 0 Å². The van der Waals surface area contributed by atoms with E-state index in [1.54, 1.807) is 0 Å². The maximum absolute atomic E-state index is 13.3. The van der Waals surface area contributed by atoms with Gasteiger partial charge in [0, 0.05) is 6.07 Å². The number of non-ortho nitro benzene ring substituents is 1. The summed E-state index contributed by atoms with van der Waals surface area (Å²) in [6, 6.07) is 3.19. The summed E-state index contributed by atoms with van der Waals surface area (Å²) in [5.74, 6) is -1.56. The van der Waals surface area contributed by atoms with Crippen LogP contribution in [0.5, 0.6) is 0 Å². The molecule has 0 bridgehead atoms. The van der Waals surface area contributed by atoms with Gasteiger partial charge < -0.3 is 4.74 Å². The van der Waals surface area contributed by atoms with Gasteiger partial charge in [-0.3, -0.25) is 10.1 Å². The Morgan fingerprint density at radius 2 is 2.25 bits per heavy atom. The number of benzene rings is 1. The molecule has 8 nitrogen and oxygen atoms in total. The van der Waals surface area contributed by atoms with E-state index in [0.717, 1.165) is 12.1 Å². The molecule has 2 rings (SSSR count). The Morgan fingerprint density at radius 1 is 1.50 bits per heavy atom. The van der Waals surface area contributed by atoms with Crippen molar-refractivity contribution in [2.45, 2.75) is 6.54 Å². The fraction of sp³-hybridized carbons (Fsp3) is 0.182. The quantitative estimate of drug-likeness (QED) is 0.473. The molecule has 0 saturated heterocycles. The average molecular weight is 280 g/mol. The smallest absolute Gasteiger partial charge is 0.377 e. The molecule has 20 heavy (non-hydrogen) atoms. The first kappa shape index (κ1) is 13.6. The summed E-state index contributed by atoms with van der Waals surface area (Å²) < 4.78 is 19.0. The molecule has 0 N–H and O–H groups in total. The highest BCUT2D eigenvalue weighted by molar-refractivity contribution is 5.84. The molecule has 0 unspecified atom stereocenters. The van der Waals surface area contributed by atoms with Crippen LogP contribution >= 0.6 is 0 Å². The number of methoxy groups -OCH3 is 1. The van der Waals surface area contributed by atoms with Gasteiger partial charge in [0.2, 0.25) is 0 Å². The van der Waals surface area contributed by atoms with Crippen LogP contribution in [-0.4, -0.2) is 32.8 Å². The Balaban J connectivity index is 2.23.